The Hall–Kier alpha value is 0.905. The summed E-state index contributed by atoms with van der Waals surface area (Å²) in [5, 5.41) is 8.25. The van der Waals surface area contributed by atoms with E-state index in [2.05, 4.69) is 14.0 Å². The second-order valence-corrected chi connectivity index (χ2v) is 0.996. The average Bonchev–Trinajstić information content (AvgIpc) is 1.96. The zero-order chi connectivity index (χ0) is 7.70. The van der Waals surface area contributed by atoms with E-state index in [-0.39, 0.29) is 29.6 Å². The Morgan fingerprint density at radius 2 is 1.10 bits per heavy atom. The van der Waals surface area contributed by atoms with Gasteiger partial charge in [-0.25, -0.2) is 0 Å². The smallest absolute Gasteiger partial charge is 0.857 e. The molecule has 0 atom stereocenters. The molecule has 0 aliphatic heterocycles. The first-order valence-corrected chi connectivity index (χ1v) is 2.34. The van der Waals surface area contributed by atoms with Gasteiger partial charge in [0.25, 0.3) is 0 Å². The van der Waals surface area contributed by atoms with Crippen LogP contribution in [0.1, 0.15) is 0 Å². The van der Waals surface area contributed by atoms with Crippen molar-refractivity contribution in [3.63, 3.8) is 0 Å². The van der Waals surface area contributed by atoms with Gasteiger partial charge >= 0.3 is 36.9 Å². The van der Waals surface area contributed by atoms with Crippen LogP contribution in [0.4, 0.5) is 0 Å². The molecule has 0 radical (unpaired) electrons. The molecule has 4 nitrogen and oxygen atoms in total. The Kier molecular flexibility index (Phi) is 28.2. The van der Waals surface area contributed by atoms with Crippen LogP contribution in [0.5, 0.6) is 0 Å². The molecule has 0 bridgehead atoms. The van der Waals surface area contributed by atoms with Gasteiger partial charge in [-0.15, -0.1) is 0 Å². The summed E-state index contributed by atoms with van der Waals surface area (Å²) in [5.74, 6) is 0. The minimum atomic E-state index is -0.514. The Morgan fingerprint density at radius 3 is 1.10 bits per heavy atom. The molecule has 0 amide bonds. The third-order valence-electron chi connectivity index (χ3n) is 0.577. The SMILES string of the molecule is COB(OC)OC.C[O-].[Na+]. The van der Waals surface area contributed by atoms with Crippen molar-refractivity contribution in [1.82, 2.24) is 0 Å². The molecule has 0 heterocycles. The van der Waals surface area contributed by atoms with Crippen molar-refractivity contribution < 1.29 is 48.6 Å². The van der Waals surface area contributed by atoms with Gasteiger partial charge in [-0.05, 0) is 0 Å². The molecule has 10 heavy (non-hydrogen) atoms. The standard InChI is InChI=1S/C3H9BO3.CH3O.Na/c1-5-4(6-2)7-3;1-2;/h1-3H3;1H3;/q;-1;+1. The quantitative estimate of drug-likeness (QED) is 0.391. The Balaban J connectivity index is -0.000000149. The van der Waals surface area contributed by atoms with Gasteiger partial charge in [0, 0.05) is 21.3 Å². The Bertz CT molecular complexity index is 38.7. The van der Waals surface area contributed by atoms with Crippen molar-refractivity contribution in [2.24, 2.45) is 0 Å². The first-order valence-electron chi connectivity index (χ1n) is 2.34. The summed E-state index contributed by atoms with van der Waals surface area (Å²) in [6, 6.07) is 0. The van der Waals surface area contributed by atoms with Gasteiger partial charge < -0.3 is 19.1 Å². The van der Waals surface area contributed by atoms with Gasteiger partial charge in [-0.3, -0.25) is 0 Å². The van der Waals surface area contributed by atoms with Gasteiger partial charge in [0.2, 0.25) is 0 Å². The molecule has 0 aromatic heterocycles. The topological polar surface area (TPSA) is 50.8 Å². The molecule has 0 saturated carbocycles. The van der Waals surface area contributed by atoms with E-state index in [1.165, 1.54) is 21.3 Å². The molecular weight excluding hydrogens is 146 g/mol. The largest absolute Gasteiger partial charge is 1.00 e. The van der Waals surface area contributed by atoms with Crippen LogP contribution in [0, 0.1) is 0 Å². The summed E-state index contributed by atoms with van der Waals surface area (Å²) in [5.41, 5.74) is 0. The molecule has 56 valence electrons. The number of hydrogen-bond acceptors (Lipinski definition) is 4. The third-order valence-corrected chi connectivity index (χ3v) is 0.577. The minimum Gasteiger partial charge on any atom is -0.857 e. The van der Waals surface area contributed by atoms with Crippen LogP contribution in [0.2, 0.25) is 0 Å². The van der Waals surface area contributed by atoms with Crippen LogP contribution in [0.25, 0.3) is 0 Å². The fourth-order valence-electron chi connectivity index (χ4n) is 0.289. The molecule has 0 unspecified atom stereocenters. The van der Waals surface area contributed by atoms with Crippen LogP contribution < -0.4 is 34.7 Å². The van der Waals surface area contributed by atoms with E-state index < -0.39 is 7.32 Å². The summed E-state index contributed by atoms with van der Waals surface area (Å²) < 4.78 is 13.8. The van der Waals surface area contributed by atoms with Crippen molar-refractivity contribution in [3.8, 4) is 0 Å². The van der Waals surface area contributed by atoms with E-state index in [4.69, 9.17) is 5.11 Å². The maximum Gasteiger partial charge on any atom is 1.00 e. The molecular formula is C4H12BNaO4. The molecule has 0 saturated heterocycles. The minimum absolute atomic E-state index is 0. The van der Waals surface area contributed by atoms with Crippen molar-refractivity contribution in [3.05, 3.63) is 0 Å². The van der Waals surface area contributed by atoms with E-state index in [1.54, 1.807) is 0 Å². The van der Waals surface area contributed by atoms with Crippen molar-refractivity contribution in [2.45, 2.75) is 0 Å². The van der Waals surface area contributed by atoms with Crippen LogP contribution in [0.3, 0.4) is 0 Å². The van der Waals surface area contributed by atoms with Crippen molar-refractivity contribution >= 4 is 7.32 Å². The molecule has 0 aliphatic carbocycles. The molecule has 0 aromatic carbocycles. The van der Waals surface area contributed by atoms with Crippen LogP contribution in [-0.2, 0) is 14.0 Å². The summed E-state index contributed by atoms with van der Waals surface area (Å²) in [4.78, 5) is 0. The molecule has 0 N–H and O–H groups in total. The summed E-state index contributed by atoms with van der Waals surface area (Å²) in [6.07, 6.45) is 0. The summed E-state index contributed by atoms with van der Waals surface area (Å²) in [6.45, 7) is 0. The fraction of sp³-hybridized carbons (Fsp3) is 1.00. The van der Waals surface area contributed by atoms with Gasteiger partial charge in [0.1, 0.15) is 0 Å². The monoisotopic (exact) mass is 158 g/mol. The van der Waals surface area contributed by atoms with Gasteiger partial charge in [0.15, 0.2) is 0 Å². The normalized spacial score (nSPS) is 6.90. The first-order chi connectivity index (χ1) is 4.35. The van der Waals surface area contributed by atoms with Crippen LogP contribution in [-0.4, -0.2) is 35.8 Å². The van der Waals surface area contributed by atoms with Crippen molar-refractivity contribution in [2.75, 3.05) is 28.4 Å². The Labute approximate surface area is 84.3 Å². The van der Waals surface area contributed by atoms with Crippen LogP contribution >= 0.6 is 0 Å². The van der Waals surface area contributed by atoms with Crippen molar-refractivity contribution in [1.29, 1.82) is 0 Å². The number of rotatable bonds is 3. The van der Waals surface area contributed by atoms with Gasteiger partial charge in [-0.2, -0.15) is 7.11 Å². The number of hydrogen-bond donors (Lipinski definition) is 0. The molecule has 0 aromatic rings. The van der Waals surface area contributed by atoms with Gasteiger partial charge in [-0.1, -0.05) is 0 Å². The second kappa shape index (κ2) is 16.5. The predicted molar refractivity (Wildman–Crippen MR) is 32.7 cm³/mol. The summed E-state index contributed by atoms with van der Waals surface area (Å²) >= 11 is 0. The van der Waals surface area contributed by atoms with E-state index in [1.807, 2.05) is 0 Å². The molecule has 0 aliphatic rings. The van der Waals surface area contributed by atoms with Crippen LogP contribution in [0.15, 0.2) is 0 Å². The maximum atomic E-state index is 8.25. The first kappa shape index (κ1) is 17.1. The maximum absolute atomic E-state index is 8.25. The fourth-order valence-corrected chi connectivity index (χ4v) is 0.289. The zero-order valence-electron chi connectivity index (χ0n) is 7.21. The average molecular weight is 158 g/mol. The molecule has 0 fully saturated rings. The van der Waals surface area contributed by atoms with Gasteiger partial charge in [0.05, 0.1) is 0 Å². The second-order valence-electron chi connectivity index (χ2n) is 0.996. The third kappa shape index (κ3) is 11.7. The molecule has 6 heteroatoms. The molecule has 0 rings (SSSR count). The van der Waals surface area contributed by atoms with E-state index in [9.17, 15) is 0 Å². The summed E-state index contributed by atoms with van der Waals surface area (Å²) in [7, 11) is 4.77. The van der Waals surface area contributed by atoms with E-state index in [0.717, 1.165) is 7.11 Å². The zero-order valence-corrected chi connectivity index (χ0v) is 9.21. The van der Waals surface area contributed by atoms with E-state index in [0.29, 0.717) is 0 Å². The Morgan fingerprint density at radius 1 is 0.900 bits per heavy atom. The predicted octanol–water partition coefficient (Wildman–Crippen LogP) is -4.11. The molecule has 0 spiro atoms. The van der Waals surface area contributed by atoms with E-state index >= 15 is 0 Å².